The number of sulfone groups is 1. The van der Waals surface area contributed by atoms with Crippen molar-refractivity contribution in [1.82, 2.24) is 4.90 Å². The molecule has 0 spiro atoms. The van der Waals surface area contributed by atoms with Gasteiger partial charge in [0.2, 0.25) is 0 Å². The van der Waals surface area contributed by atoms with E-state index >= 15 is 0 Å². The Bertz CT molecular complexity index is 867. The Morgan fingerprint density at radius 1 is 1.14 bits per heavy atom. The largest absolute Gasteiger partial charge is 0.486 e. The summed E-state index contributed by atoms with van der Waals surface area (Å²) in [7, 11) is -3.31. The molecule has 2 aromatic rings. The van der Waals surface area contributed by atoms with Crippen molar-refractivity contribution in [2.75, 3.05) is 25.4 Å². The molecule has 1 aliphatic heterocycles. The minimum atomic E-state index is -3.31. The molecule has 2 aromatic carbocycles. The van der Waals surface area contributed by atoms with E-state index in [1.807, 2.05) is 18.2 Å². The van der Waals surface area contributed by atoms with Crippen molar-refractivity contribution < 1.29 is 18.3 Å². The number of rotatable bonds is 7. The molecule has 152 valence electrons. The van der Waals surface area contributed by atoms with Gasteiger partial charge in [-0.1, -0.05) is 44.2 Å². The summed E-state index contributed by atoms with van der Waals surface area (Å²) in [5, 5.41) is 10.4. The molecule has 1 fully saturated rings. The minimum absolute atomic E-state index is 0.0582. The van der Waals surface area contributed by atoms with Crippen molar-refractivity contribution in [3.63, 3.8) is 0 Å². The summed E-state index contributed by atoms with van der Waals surface area (Å²) in [6, 6.07) is 16.5. The molecule has 3 rings (SSSR count). The molecule has 0 unspecified atom stereocenters. The highest BCUT2D eigenvalue weighted by molar-refractivity contribution is 7.91. The normalized spacial score (nSPS) is 21.0. The standard InChI is InChI=1S/C22H29NO4S/c1-17(2)18-7-6-8-19(15-18)27-22-16-23(12-11-21(22)24)13-14-28(25,26)20-9-4-3-5-10-20/h3-10,15,17,21-22,24H,11-14,16H2,1-2H3/t21-,22-/m1/s1. The second-order valence-electron chi connectivity index (χ2n) is 7.67. The van der Waals surface area contributed by atoms with Crippen LogP contribution in [0.1, 0.15) is 31.7 Å². The van der Waals surface area contributed by atoms with Crippen LogP contribution in [-0.4, -0.2) is 56.0 Å². The van der Waals surface area contributed by atoms with Crippen LogP contribution >= 0.6 is 0 Å². The lowest BCUT2D eigenvalue weighted by atomic mass is 10.0. The lowest BCUT2D eigenvalue weighted by Gasteiger charge is -2.36. The van der Waals surface area contributed by atoms with Crippen LogP contribution in [0, 0.1) is 0 Å². The van der Waals surface area contributed by atoms with Crippen molar-refractivity contribution in [3.8, 4) is 5.75 Å². The summed E-state index contributed by atoms with van der Waals surface area (Å²) >= 11 is 0. The van der Waals surface area contributed by atoms with Gasteiger partial charge in [-0.25, -0.2) is 8.42 Å². The van der Waals surface area contributed by atoms with Crippen LogP contribution in [-0.2, 0) is 9.84 Å². The van der Waals surface area contributed by atoms with Crippen LogP contribution in [0.25, 0.3) is 0 Å². The van der Waals surface area contributed by atoms with Crippen LogP contribution in [0.15, 0.2) is 59.5 Å². The molecule has 1 saturated heterocycles. The maximum atomic E-state index is 12.5. The number of hydrogen-bond acceptors (Lipinski definition) is 5. The smallest absolute Gasteiger partial charge is 0.179 e. The second kappa shape index (κ2) is 9.07. The topological polar surface area (TPSA) is 66.8 Å². The molecule has 0 bridgehead atoms. The molecule has 0 aromatic heterocycles. The van der Waals surface area contributed by atoms with Gasteiger partial charge in [-0.15, -0.1) is 0 Å². The first-order valence-electron chi connectivity index (χ1n) is 9.80. The fraction of sp³-hybridized carbons (Fsp3) is 0.455. The Hall–Kier alpha value is -1.89. The number of likely N-dealkylation sites (tertiary alicyclic amines) is 1. The van der Waals surface area contributed by atoms with Gasteiger partial charge in [0, 0.05) is 19.6 Å². The summed E-state index contributed by atoms with van der Waals surface area (Å²) in [4.78, 5) is 2.41. The van der Waals surface area contributed by atoms with Gasteiger partial charge < -0.3 is 9.84 Å². The first kappa shape index (κ1) is 20.8. The summed E-state index contributed by atoms with van der Waals surface area (Å²) in [6.07, 6.45) is -0.347. The van der Waals surface area contributed by atoms with E-state index in [2.05, 4.69) is 24.8 Å². The molecule has 1 aliphatic rings. The van der Waals surface area contributed by atoms with E-state index in [0.29, 0.717) is 36.9 Å². The highest BCUT2D eigenvalue weighted by atomic mass is 32.2. The summed E-state index contributed by atoms with van der Waals surface area (Å²) in [5.41, 5.74) is 1.19. The molecule has 28 heavy (non-hydrogen) atoms. The van der Waals surface area contributed by atoms with Gasteiger partial charge in [-0.05, 0) is 42.2 Å². The van der Waals surface area contributed by atoms with Gasteiger partial charge >= 0.3 is 0 Å². The number of benzene rings is 2. The van der Waals surface area contributed by atoms with Gasteiger partial charge in [-0.3, -0.25) is 4.90 Å². The van der Waals surface area contributed by atoms with Crippen LogP contribution in [0.3, 0.4) is 0 Å². The van der Waals surface area contributed by atoms with E-state index in [9.17, 15) is 13.5 Å². The van der Waals surface area contributed by atoms with Crippen LogP contribution in [0.5, 0.6) is 5.75 Å². The first-order valence-corrected chi connectivity index (χ1v) is 11.5. The van der Waals surface area contributed by atoms with Crippen LogP contribution in [0.2, 0.25) is 0 Å². The molecule has 0 aliphatic carbocycles. The Labute approximate surface area is 167 Å². The average molecular weight is 404 g/mol. The Kier molecular flexibility index (Phi) is 6.75. The molecule has 1 heterocycles. The van der Waals surface area contributed by atoms with E-state index in [4.69, 9.17) is 4.74 Å². The highest BCUT2D eigenvalue weighted by Gasteiger charge is 2.30. The van der Waals surface area contributed by atoms with Crippen LogP contribution < -0.4 is 4.74 Å². The maximum Gasteiger partial charge on any atom is 0.179 e. The Morgan fingerprint density at radius 2 is 1.89 bits per heavy atom. The number of aliphatic hydroxyl groups excluding tert-OH is 1. The molecule has 2 atom stereocenters. The third-order valence-electron chi connectivity index (χ3n) is 5.20. The van der Waals surface area contributed by atoms with E-state index in [1.165, 1.54) is 5.56 Å². The SMILES string of the molecule is CC(C)c1cccc(O[C@@H]2CN(CCS(=O)(=O)c3ccccc3)CC[C@H]2O)c1. The molecule has 6 heteroatoms. The Morgan fingerprint density at radius 3 is 2.61 bits per heavy atom. The summed E-state index contributed by atoms with van der Waals surface area (Å²) in [6.45, 7) is 5.86. The van der Waals surface area contributed by atoms with Crippen molar-refractivity contribution >= 4 is 9.84 Å². The van der Waals surface area contributed by atoms with Gasteiger partial charge in [-0.2, -0.15) is 0 Å². The van der Waals surface area contributed by atoms with Gasteiger partial charge in [0.15, 0.2) is 9.84 Å². The highest BCUT2D eigenvalue weighted by Crippen LogP contribution is 2.23. The summed E-state index contributed by atoms with van der Waals surface area (Å²) < 4.78 is 31.1. The molecular weight excluding hydrogens is 374 g/mol. The minimum Gasteiger partial charge on any atom is -0.486 e. The number of ether oxygens (including phenoxy) is 1. The van der Waals surface area contributed by atoms with Crippen LogP contribution in [0.4, 0.5) is 0 Å². The molecule has 0 saturated carbocycles. The lowest BCUT2D eigenvalue weighted by molar-refractivity contribution is -0.0229. The Balaban J connectivity index is 1.61. The summed E-state index contributed by atoms with van der Waals surface area (Å²) in [5.74, 6) is 1.20. The van der Waals surface area contributed by atoms with Gasteiger partial charge in [0.05, 0.1) is 16.8 Å². The monoisotopic (exact) mass is 403 g/mol. The zero-order chi connectivity index (χ0) is 20.1. The maximum absolute atomic E-state index is 12.5. The average Bonchev–Trinajstić information content (AvgIpc) is 2.69. The number of piperidine rings is 1. The number of hydrogen-bond donors (Lipinski definition) is 1. The third kappa shape index (κ3) is 5.34. The van der Waals surface area contributed by atoms with Crippen molar-refractivity contribution in [2.45, 2.75) is 43.3 Å². The molecule has 1 N–H and O–H groups in total. The number of nitrogens with zero attached hydrogens (tertiary/aromatic N) is 1. The first-order chi connectivity index (χ1) is 13.3. The van der Waals surface area contributed by atoms with E-state index in [1.54, 1.807) is 30.3 Å². The van der Waals surface area contributed by atoms with Gasteiger partial charge in [0.1, 0.15) is 11.9 Å². The zero-order valence-corrected chi connectivity index (χ0v) is 17.3. The molecule has 0 radical (unpaired) electrons. The van der Waals surface area contributed by atoms with Crippen molar-refractivity contribution in [3.05, 3.63) is 60.2 Å². The van der Waals surface area contributed by atoms with Crippen molar-refractivity contribution in [1.29, 1.82) is 0 Å². The molecular formula is C22H29NO4S. The van der Waals surface area contributed by atoms with Crippen molar-refractivity contribution in [2.24, 2.45) is 0 Å². The second-order valence-corrected chi connectivity index (χ2v) is 9.78. The number of aliphatic hydroxyl groups is 1. The molecule has 0 amide bonds. The molecule has 5 nitrogen and oxygen atoms in total. The third-order valence-corrected chi connectivity index (χ3v) is 6.91. The fourth-order valence-electron chi connectivity index (χ4n) is 3.40. The fourth-order valence-corrected chi connectivity index (χ4v) is 4.71. The zero-order valence-electron chi connectivity index (χ0n) is 16.5. The van der Waals surface area contributed by atoms with E-state index in [0.717, 1.165) is 5.75 Å². The lowest BCUT2D eigenvalue weighted by Crippen LogP contribution is -2.50. The van der Waals surface area contributed by atoms with E-state index in [-0.39, 0.29) is 11.9 Å². The van der Waals surface area contributed by atoms with E-state index < -0.39 is 15.9 Å². The predicted octanol–water partition coefficient (Wildman–Crippen LogP) is 3.10. The predicted molar refractivity (Wildman–Crippen MR) is 111 cm³/mol. The van der Waals surface area contributed by atoms with Gasteiger partial charge in [0.25, 0.3) is 0 Å². The quantitative estimate of drug-likeness (QED) is 0.769.